The van der Waals surface area contributed by atoms with E-state index in [0.29, 0.717) is 12.8 Å². The van der Waals surface area contributed by atoms with Gasteiger partial charge in [-0.3, -0.25) is 9.59 Å². The Kier molecular flexibility index (Phi) is 14.9. The van der Waals surface area contributed by atoms with E-state index >= 15 is 0 Å². The molecule has 0 unspecified atom stereocenters. The average Bonchev–Trinajstić information content (AvgIpc) is 2.73. The maximum absolute atomic E-state index is 13.6. The highest BCUT2D eigenvalue weighted by Crippen LogP contribution is 2.38. The van der Waals surface area contributed by atoms with Gasteiger partial charge in [-0.25, -0.2) is 0 Å². The van der Waals surface area contributed by atoms with Gasteiger partial charge in [0.2, 0.25) is 0 Å². The summed E-state index contributed by atoms with van der Waals surface area (Å²) in [6, 6.07) is 0. The highest BCUT2D eigenvalue weighted by molar-refractivity contribution is 6.00. The molecule has 1 rings (SSSR count). The topological polar surface area (TPSA) is 52.6 Å². The van der Waals surface area contributed by atoms with Crippen LogP contribution in [0.2, 0.25) is 0 Å². The van der Waals surface area contributed by atoms with Gasteiger partial charge in [-0.1, -0.05) is 89.2 Å². The second-order valence-corrected chi connectivity index (χ2v) is 12.6. The van der Waals surface area contributed by atoms with Crippen LogP contribution in [0, 0.1) is 5.41 Å². The maximum atomic E-state index is 13.6. The zero-order chi connectivity index (χ0) is 26.2. The van der Waals surface area contributed by atoms with Gasteiger partial charge in [0.05, 0.1) is 0 Å². The van der Waals surface area contributed by atoms with Gasteiger partial charge in [0.15, 0.2) is 5.41 Å². The summed E-state index contributed by atoms with van der Waals surface area (Å²) in [5.41, 5.74) is -2.48. The lowest BCUT2D eigenvalue weighted by molar-refractivity contribution is -0.187. The largest absolute Gasteiger partial charge is 0.459 e. The van der Waals surface area contributed by atoms with Crippen LogP contribution in [0.15, 0.2) is 12.2 Å². The zero-order valence-corrected chi connectivity index (χ0v) is 24.0. The van der Waals surface area contributed by atoms with E-state index in [4.69, 9.17) is 9.47 Å². The molecule has 4 heteroatoms. The molecule has 0 aromatic rings. The van der Waals surface area contributed by atoms with Gasteiger partial charge in [-0.15, -0.1) is 0 Å². The first-order valence-corrected chi connectivity index (χ1v) is 14.6. The molecule has 0 aromatic carbocycles. The van der Waals surface area contributed by atoms with Crippen molar-refractivity contribution in [2.24, 2.45) is 5.41 Å². The highest BCUT2D eigenvalue weighted by atomic mass is 16.6. The Morgan fingerprint density at radius 3 is 1.11 bits per heavy atom. The van der Waals surface area contributed by atoms with E-state index in [2.05, 4.69) is 12.2 Å². The van der Waals surface area contributed by atoms with Crippen LogP contribution in [-0.4, -0.2) is 23.1 Å². The van der Waals surface area contributed by atoms with Crippen LogP contribution in [0.4, 0.5) is 0 Å². The molecule has 0 atom stereocenters. The molecule has 0 saturated carbocycles. The molecule has 0 radical (unpaired) electrons. The van der Waals surface area contributed by atoms with E-state index in [1.807, 2.05) is 41.5 Å². The van der Waals surface area contributed by atoms with Crippen LogP contribution in [0.1, 0.15) is 157 Å². The van der Waals surface area contributed by atoms with Crippen molar-refractivity contribution in [1.29, 1.82) is 0 Å². The normalized spacial score (nSPS) is 21.8. The molecule has 0 bridgehead atoms. The van der Waals surface area contributed by atoms with Crippen LogP contribution >= 0.6 is 0 Å². The Morgan fingerprint density at radius 2 is 0.800 bits per heavy atom. The van der Waals surface area contributed by atoms with Crippen molar-refractivity contribution >= 4 is 11.9 Å². The van der Waals surface area contributed by atoms with E-state index in [1.54, 1.807) is 0 Å². The summed E-state index contributed by atoms with van der Waals surface area (Å²) >= 11 is 0. The van der Waals surface area contributed by atoms with Crippen molar-refractivity contribution in [1.82, 2.24) is 0 Å². The van der Waals surface area contributed by atoms with Crippen molar-refractivity contribution in [3.63, 3.8) is 0 Å². The fourth-order valence-electron chi connectivity index (χ4n) is 4.75. The van der Waals surface area contributed by atoms with Crippen molar-refractivity contribution in [2.45, 2.75) is 168 Å². The van der Waals surface area contributed by atoms with Crippen LogP contribution < -0.4 is 0 Å². The third-order valence-electron chi connectivity index (χ3n) is 6.69. The summed E-state index contributed by atoms with van der Waals surface area (Å²) in [4.78, 5) is 27.1. The number of carbonyl (C=O) groups excluding carboxylic acids is 2. The van der Waals surface area contributed by atoms with Crippen molar-refractivity contribution in [2.75, 3.05) is 0 Å². The van der Waals surface area contributed by atoms with E-state index in [9.17, 15) is 9.59 Å². The summed E-state index contributed by atoms with van der Waals surface area (Å²) < 4.78 is 11.7. The summed E-state index contributed by atoms with van der Waals surface area (Å²) in [5.74, 6) is -0.796. The molecular formula is C31H56O4. The number of hydrogen-bond acceptors (Lipinski definition) is 4. The van der Waals surface area contributed by atoms with Gasteiger partial charge in [0.1, 0.15) is 11.2 Å². The first-order valence-electron chi connectivity index (χ1n) is 14.6. The van der Waals surface area contributed by atoms with Gasteiger partial charge in [0.25, 0.3) is 0 Å². The lowest BCUT2D eigenvalue weighted by Crippen LogP contribution is -2.46. The summed E-state index contributed by atoms with van der Waals surface area (Å²) in [6.07, 6.45) is 24.3. The number of carbonyl (C=O) groups is 2. The van der Waals surface area contributed by atoms with Crippen LogP contribution in [0.25, 0.3) is 0 Å². The van der Waals surface area contributed by atoms with Crippen LogP contribution in [0.3, 0.4) is 0 Å². The van der Waals surface area contributed by atoms with E-state index in [1.165, 1.54) is 64.2 Å². The highest BCUT2D eigenvalue weighted by Gasteiger charge is 2.50. The van der Waals surface area contributed by atoms with Crippen LogP contribution in [0.5, 0.6) is 0 Å². The minimum atomic E-state index is -1.20. The predicted molar refractivity (Wildman–Crippen MR) is 146 cm³/mol. The first-order chi connectivity index (χ1) is 16.5. The third kappa shape index (κ3) is 14.7. The average molecular weight is 493 g/mol. The lowest BCUT2D eigenvalue weighted by atomic mass is 9.77. The summed E-state index contributed by atoms with van der Waals surface area (Å²) in [7, 11) is 0. The van der Waals surface area contributed by atoms with Gasteiger partial charge < -0.3 is 9.47 Å². The second-order valence-electron chi connectivity index (χ2n) is 12.6. The molecule has 0 aromatic heterocycles. The molecule has 0 aliphatic heterocycles. The Morgan fingerprint density at radius 1 is 0.514 bits per heavy atom. The van der Waals surface area contributed by atoms with Gasteiger partial charge in [0, 0.05) is 0 Å². The maximum Gasteiger partial charge on any atom is 0.324 e. The SMILES string of the molecule is CC(C)(C)OC(=O)C1(C(=O)OC(C)(C)C)CCCCCCCCC/C=C\CCCCCCCCC1. The number of allylic oxidation sites excluding steroid dienone is 2. The zero-order valence-electron chi connectivity index (χ0n) is 24.0. The monoisotopic (exact) mass is 492 g/mol. The number of ether oxygens (including phenoxy) is 2. The lowest BCUT2D eigenvalue weighted by Gasteiger charge is -2.35. The van der Waals surface area contributed by atoms with Gasteiger partial charge in [-0.2, -0.15) is 0 Å². The molecule has 4 nitrogen and oxygen atoms in total. The second kappa shape index (κ2) is 16.4. The quantitative estimate of drug-likeness (QED) is 0.219. The minimum absolute atomic E-state index is 0.398. The standard InChI is InChI=1S/C31H56O4/c1-29(2,3)34-27(32)31(28(33)35-30(4,5)6)25-23-21-19-17-15-13-11-9-7-8-10-12-14-16-18-20-22-24-26-31/h7-8H,9-26H2,1-6H3/b8-7-. The van der Waals surface area contributed by atoms with E-state index in [0.717, 1.165) is 38.5 Å². The van der Waals surface area contributed by atoms with Gasteiger partial charge >= 0.3 is 11.9 Å². The van der Waals surface area contributed by atoms with Crippen molar-refractivity contribution in [3.05, 3.63) is 12.2 Å². The molecule has 0 amide bonds. The van der Waals surface area contributed by atoms with E-state index < -0.39 is 28.6 Å². The first kappa shape index (κ1) is 31.7. The number of esters is 2. The fraction of sp³-hybridized carbons (Fsp3) is 0.871. The molecule has 0 spiro atoms. The number of hydrogen-bond donors (Lipinski definition) is 0. The Balaban J connectivity index is 2.95. The molecule has 0 N–H and O–H groups in total. The molecule has 204 valence electrons. The van der Waals surface area contributed by atoms with Crippen LogP contribution in [-0.2, 0) is 19.1 Å². The summed E-state index contributed by atoms with van der Waals surface area (Å²) in [5, 5.41) is 0. The molecule has 35 heavy (non-hydrogen) atoms. The Bertz CT molecular complexity index is 567. The molecule has 0 heterocycles. The molecule has 0 saturated heterocycles. The third-order valence-corrected chi connectivity index (χ3v) is 6.69. The van der Waals surface area contributed by atoms with Gasteiger partial charge in [-0.05, 0) is 80.1 Å². The smallest absolute Gasteiger partial charge is 0.324 e. The molecule has 1 aliphatic carbocycles. The number of rotatable bonds is 2. The molecule has 0 fully saturated rings. The van der Waals surface area contributed by atoms with E-state index in [-0.39, 0.29) is 0 Å². The Labute approximate surface area is 217 Å². The minimum Gasteiger partial charge on any atom is -0.459 e. The molecular weight excluding hydrogens is 436 g/mol. The summed E-state index contributed by atoms with van der Waals surface area (Å²) in [6.45, 7) is 11.2. The fourth-order valence-corrected chi connectivity index (χ4v) is 4.75. The van der Waals surface area contributed by atoms with Crippen molar-refractivity contribution < 1.29 is 19.1 Å². The Hall–Kier alpha value is -1.32. The predicted octanol–water partition coefficient (Wildman–Crippen LogP) is 9.25. The van der Waals surface area contributed by atoms with Crippen molar-refractivity contribution in [3.8, 4) is 0 Å². The molecule has 1 aliphatic rings.